The van der Waals surface area contributed by atoms with Crippen LogP contribution in [0.1, 0.15) is 49.9 Å². The first-order valence-corrected chi connectivity index (χ1v) is 16.7. The molecule has 0 aromatic heterocycles. The maximum atomic E-state index is 2.44. The second-order valence-electron chi connectivity index (χ2n) is 14.2. The molecule has 0 amide bonds. The zero-order valence-corrected chi connectivity index (χ0v) is 27.4. The molecule has 0 saturated heterocycles. The van der Waals surface area contributed by atoms with Crippen LogP contribution in [0.3, 0.4) is 0 Å². The number of benzene rings is 7. The van der Waals surface area contributed by atoms with Crippen LogP contribution in [0.5, 0.6) is 0 Å². The Bertz CT molecular complexity index is 2340. The molecule has 2 aliphatic carbocycles. The van der Waals surface area contributed by atoms with Gasteiger partial charge in [-0.1, -0.05) is 131 Å². The first-order valence-electron chi connectivity index (χ1n) is 16.7. The van der Waals surface area contributed by atoms with E-state index in [0.29, 0.717) is 0 Å². The molecule has 7 aromatic rings. The molecule has 7 aromatic carbocycles. The number of fused-ring (bicyclic) bond motifs is 7. The Labute approximate surface area is 277 Å². The second-order valence-corrected chi connectivity index (χ2v) is 14.2. The number of anilines is 3. The van der Waals surface area contributed by atoms with Crippen LogP contribution in [0.25, 0.3) is 44.2 Å². The minimum Gasteiger partial charge on any atom is -0.310 e. The Kier molecular flexibility index (Phi) is 5.96. The van der Waals surface area contributed by atoms with Gasteiger partial charge in [0.25, 0.3) is 0 Å². The van der Waals surface area contributed by atoms with Crippen LogP contribution in [0.15, 0.2) is 152 Å². The molecule has 0 radical (unpaired) electrons. The van der Waals surface area contributed by atoms with E-state index in [1.54, 1.807) is 0 Å². The van der Waals surface area contributed by atoms with Gasteiger partial charge in [0.2, 0.25) is 0 Å². The molecule has 0 unspecified atom stereocenters. The highest BCUT2D eigenvalue weighted by Gasteiger charge is 2.37. The number of hydrogen-bond donors (Lipinski definition) is 0. The predicted molar refractivity (Wildman–Crippen MR) is 199 cm³/mol. The topological polar surface area (TPSA) is 3.24 Å². The summed E-state index contributed by atoms with van der Waals surface area (Å²) in [4.78, 5) is 2.44. The number of nitrogens with zero attached hydrogens (tertiary/aromatic N) is 1. The maximum absolute atomic E-state index is 2.44. The molecule has 9 rings (SSSR count). The fraction of sp³-hybridized carbons (Fsp3) is 0.130. The van der Waals surface area contributed by atoms with Gasteiger partial charge >= 0.3 is 0 Å². The van der Waals surface area contributed by atoms with Gasteiger partial charge in [-0.3, -0.25) is 0 Å². The van der Waals surface area contributed by atoms with Gasteiger partial charge in [-0.2, -0.15) is 0 Å². The van der Waals surface area contributed by atoms with Crippen LogP contribution >= 0.6 is 0 Å². The summed E-state index contributed by atoms with van der Waals surface area (Å²) >= 11 is 0. The van der Waals surface area contributed by atoms with Crippen molar-refractivity contribution in [2.75, 3.05) is 4.90 Å². The van der Waals surface area contributed by atoms with E-state index in [-0.39, 0.29) is 10.8 Å². The average Bonchev–Trinajstić information content (AvgIpc) is 3.47. The standard InChI is InChI=1S/C46H37N/c1-45(2)41-17-11-10-16-37(41)38-24-22-36(29-44(38)45)47(34-20-18-31(19-21-34)30-12-6-5-7-13-30)35-23-25-42-40(28-35)39-26-32-14-8-9-15-33(32)27-43(39)46(42,3)4/h5-29H,1-4H3. The molecule has 0 atom stereocenters. The molecule has 2 aliphatic rings. The van der Waals surface area contributed by atoms with Crippen molar-refractivity contribution in [3.63, 3.8) is 0 Å². The average molecular weight is 604 g/mol. The SMILES string of the molecule is CC1(C)c2ccccc2-c2ccc(N(c3ccc(-c4ccccc4)cc3)c3ccc4c(c3)-c3cc5ccccc5cc3C4(C)C)cc21. The van der Waals surface area contributed by atoms with Gasteiger partial charge in [-0.15, -0.1) is 0 Å². The van der Waals surface area contributed by atoms with Crippen molar-refractivity contribution in [3.05, 3.63) is 174 Å². The predicted octanol–water partition coefficient (Wildman–Crippen LogP) is 12.6. The third-order valence-electron chi connectivity index (χ3n) is 10.8. The number of rotatable bonds is 4. The fourth-order valence-corrected chi connectivity index (χ4v) is 8.28. The quantitative estimate of drug-likeness (QED) is 0.193. The molecular formula is C46H37N. The van der Waals surface area contributed by atoms with Gasteiger partial charge in [0.05, 0.1) is 0 Å². The summed E-state index contributed by atoms with van der Waals surface area (Å²) in [5, 5.41) is 2.59. The van der Waals surface area contributed by atoms with Crippen molar-refractivity contribution in [1.29, 1.82) is 0 Å². The number of hydrogen-bond acceptors (Lipinski definition) is 1. The smallest absolute Gasteiger partial charge is 0.0468 e. The molecule has 0 heterocycles. The Morgan fingerprint density at radius 2 is 0.851 bits per heavy atom. The summed E-state index contributed by atoms with van der Waals surface area (Å²) in [5.41, 5.74) is 16.7. The van der Waals surface area contributed by atoms with Crippen molar-refractivity contribution in [3.8, 4) is 33.4 Å². The van der Waals surface area contributed by atoms with Crippen LogP contribution in [-0.2, 0) is 10.8 Å². The fourth-order valence-electron chi connectivity index (χ4n) is 8.28. The van der Waals surface area contributed by atoms with Crippen LogP contribution in [0.2, 0.25) is 0 Å². The van der Waals surface area contributed by atoms with Gasteiger partial charge in [-0.05, 0) is 115 Å². The molecular weight excluding hydrogens is 567 g/mol. The lowest BCUT2D eigenvalue weighted by Crippen LogP contribution is -2.17. The van der Waals surface area contributed by atoms with Crippen molar-refractivity contribution < 1.29 is 0 Å². The molecule has 0 N–H and O–H groups in total. The van der Waals surface area contributed by atoms with Crippen LogP contribution in [0.4, 0.5) is 17.1 Å². The van der Waals surface area contributed by atoms with Gasteiger partial charge in [0.15, 0.2) is 0 Å². The highest BCUT2D eigenvalue weighted by molar-refractivity contribution is 5.95. The monoisotopic (exact) mass is 603 g/mol. The Balaban J connectivity index is 1.23. The Morgan fingerprint density at radius 3 is 1.62 bits per heavy atom. The lowest BCUT2D eigenvalue weighted by Gasteiger charge is -2.29. The molecule has 0 bridgehead atoms. The van der Waals surface area contributed by atoms with E-state index < -0.39 is 0 Å². The van der Waals surface area contributed by atoms with Gasteiger partial charge in [0, 0.05) is 27.9 Å². The van der Waals surface area contributed by atoms with E-state index in [2.05, 4.69) is 184 Å². The maximum Gasteiger partial charge on any atom is 0.0468 e. The lowest BCUT2D eigenvalue weighted by molar-refractivity contribution is 0.660. The van der Waals surface area contributed by atoms with Crippen molar-refractivity contribution in [1.82, 2.24) is 0 Å². The third kappa shape index (κ3) is 4.16. The van der Waals surface area contributed by atoms with E-state index in [0.717, 1.165) is 5.69 Å². The minimum absolute atomic E-state index is 0.0707. The van der Waals surface area contributed by atoms with E-state index in [1.807, 2.05) is 0 Å². The molecule has 1 heteroatoms. The van der Waals surface area contributed by atoms with Crippen molar-refractivity contribution in [2.45, 2.75) is 38.5 Å². The summed E-state index contributed by atoms with van der Waals surface area (Å²) in [7, 11) is 0. The van der Waals surface area contributed by atoms with Crippen molar-refractivity contribution >= 4 is 27.8 Å². The largest absolute Gasteiger partial charge is 0.310 e. The molecule has 0 aliphatic heterocycles. The van der Waals surface area contributed by atoms with E-state index in [9.17, 15) is 0 Å². The van der Waals surface area contributed by atoms with E-state index >= 15 is 0 Å². The summed E-state index contributed by atoms with van der Waals surface area (Å²) in [6.45, 7) is 9.46. The lowest BCUT2D eigenvalue weighted by atomic mass is 9.82. The highest BCUT2D eigenvalue weighted by atomic mass is 15.1. The summed E-state index contributed by atoms with van der Waals surface area (Å²) in [6, 6.07) is 56.3. The van der Waals surface area contributed by atoms with E-state index in [1.165, 1.54) is 77.8 Å². The first-order chi connectivity index (χ1) is 22.8. The van der Waals surface area contributed by atoms with Crippen LogP contribution in [0, 0.1) is 0 Å². The zero-order chi connectivity index (χ0) is 31.9. The van der Waals surface area contributed by atoms with Crippen molar-refractivity contribution in [2.24, 2.45) is 0 Å². The van der Waals surface area contributed by atoms with Crippen LogP contribution < -0.4 is 4.90 Å². The summed E-state index contributed by atoms with van der Waals surface area (Å²) in [6.07, 6.45) is 0. The first kappa shape index (κ1) is 27.9. The molecule has 0 saturated carbocycles. The van der Waals surface area contributed by atoms with Gasteiger partial charge in [-0.25, -0.2) is 0 Å². The second kappa shape index (κ2) is 10.0. The van der Waals surface area contributed by atoms with E-state index in [4.69, 9.17) is 0 Å². The van der Waals surface area contributed by atoms with Gasteiger partial charge in [0.1, 0.15) is 0 Å². The van der Waals surface area contributed by atoms with Crippen LogP contribution in [-0.4, -0.2) is 0 Å². The molecule has 0 spiro atoms. The minimum atomic E-state index is -0.0767. The molecule has 1 nitrogen and oxygen atoms in total. The Morgan fingerprint density at radius 1 is 0.340 bits per heavy atom. The highest BCUT2D eigenvalue weighted by Crippen LogP contribution is 2.53. The normalized spacial score (nSPS) is 14.7. The molecule has 47 heavy (non-hydrogen) atoms. The zero-order valence-electron chi connectivity index (χ0n) is 27.4. The Hall–Kier alpha value is -5.40. The molecule has 226 valence electrons. The summed E-state index contributed by atoms with van der Waals surface area (Å²) in [5.74, 6) is 0. The molecule has 0 fully saturated rings. The summed E-state index contributed by atoms with van der Waals surface area (Å²) < 4.78 is 0. The third-order valence-corrected chi connectivity index (χ3v) is 10.8. The van der Waals surface area contributed by atoms with Gasteiger partial charge < -0.3 is 4.90 Å².